The summed E-state index contributed by atoms with van der Waals surface area (Å²) in [4.78, 5) is 0. The van der Waals surface area contributed by atoms with Gasteiger partial charge in [0.25, 0.3) is 0 Å². The van der Waals surface area contributed by atoms with E-state index < -0.39 is 11.6 Å². The molecule has 0 bridgehead atoms. The zero-order valence-electron chi connectivity index (χ0n) is 12.1. The monoisotopic (exact) mass is 309 g/mol. The quantitative estimate of drug-likeness (QED) is 0.791. The SMILES string of the molecule is CCc1ccc(CC(NC)c2cc(F)c(Cl)cc2F)cc1. The highest BCUT2D eigenvalue weighted by molar-refractivity contribution is 6.30. The molecule has 2 aromatic rings. The smallest absolute Gasteiger partial charge is 0.142 e. The topological polar surface area (TPSA) is 12.0 Å². The number of likely N-dealkylation sites (N-methyl/N-ethyl adjacent to an activating group) is 1. The van der Waals surface area contributed by atoms with Crippen molar-refractivity contribution in [2.24, 2.45) is 0 Å². The lowest BCUT2D eigenvalue weighted by molar-refractivity contribution is 0.523. The fourth-order valence-corrected chi connectivity index (χ4v) is 2.47. The molecule has 0 heterocycles. The number of benzene rings is 2. The molecule has 0 radical (unpaired) electrons. The molecule has 1 N–H and O–H groups in total. The van der Waals surface area contributed by atoms with E-state index in [1.165, 1.54) is 11.6 Å². The number of nitrogens with one attached hydrogen (secondary N) is 1. The lowest BCUT2D eigenvalue weighted by Crippen LogP contribution is -2.20. The predicted molar refractivity (Wildman–Crippen MR) is 82.7 cm³/mol. The summed E-state index contributed by atoms with van der Waals surface area (Å²) < 4.78 is 27.6. The molecular formula is C17H18ClF2N. The Morgan fingerprint density at radius 1 is 1.05 bits per heavy atom. The summed E-state index contributed by atoms with van der Waals surface area (Å²) in [5.74, 6) is -1.10. The van der Waals surface area contributed by atoms with Crippen LogP contribution in [0.3, 0.4) is 0 Å². The third-order valence-corrected chi connectivity index (χ3v) is 3.92. The molecule has 0 aliphatic heterocycles. The summed E-state index contributed by atoms with van der Waals surface area (Å²) in [7, 11) is 1.73. The highest BCUT2D eigenvalue weighted by Gasteiger charge is 2.17. The van der Waals surface area contributed by atoms with Crippen LogP contribution in [0.5, 0.6) is 0 Å². The van der Waals surface area contributed by atoms with Crippen LogP contribution in [0.25, 0.3) is 0 Å². The molecule has 0 aromatic heterocycles. The molecule has 1 unspecified atom stereocenters. The van der Waals surface area contributed by atoms with E-state index in [1.807, 2.05) is 12.1 Å². The summed E-state index contributed by atoms with van der Waals surface area (Å²) >= 11 is 5.59. The fourth-order valence-electron chi connectivity index (χ4n) is 2.32. The van der Waals surface area contributed by atoms with Crippen molar-refractivity contribution in [3.05, 3.63) is 69.7 Å². The minimum Gasteiger partial charge on any atom is -0.313 e. The van der Waals surface area contributed by atoms with Crippen molar-refractivity contribution in [2.75, 3.05) is 7.05 Å². The Bertz CT molecular complexity index is 611. The Kier molecular flexibility index (Phi) is 5.32. The molecule has 0 amide bonds. The summed E-state index contributed by atoms with van der Waals surface area (Å²) in [6.07, 6.45) is 1.56. The molecule has 1 atom stereocenters. The molecule has 2 aromatic carbocycles. The van der Waals surface area contributed by atoms with Gasteiger partial charge in [-0.3, -0.25) is 0 Å². The van der Waals surface area contributed by atoms with Gasteiger partial charge >= 0.3 is 0 Å². The van der Waals surface area contributed by atoms with E-state index in [0.717, 1.165) is 18.1 Å². The van der Waals surface area contributed by atoms with Gasteiger partial charge in [0, 0.05) is 11.6 Å². The number of aryl methyl sites for hydroxylation is 1. The largest absolute Gasteiger partial charge is 0.313 e. The predicted octanol–water partition coefficient (Wildman–Crippen LogP) is 4.68. The molecule has 1 nitrogen and oxygen atoms in total. The Balaban J connectivity index is 2.25. The Hall–Kier alpha value is -1.45. The number of hydrogen-bond donors (Lipinski definition) is 1. The number of halogens is 3. The van der Waals surface area contributed by atoms with E-state index in [-0.39, 0.29) is 11.1 Å². The molecule has 2 rings (SSSR count). The van der Waals surface area contributed by atoms with Gasteiger partial charge in [-0.25, -0.2) is 8.78 Å². The second-order valence-corrected chi connectivity index (χ2v) is 5.41. The van der Waals surface area contributed by atoms with Crippen molar-refractivity contribution in [3.8, 4) is 0 Å². The van der Waals surface area contributed by atoms with E-state index in [4.69, 9.17) is 11.6 Å². The van der Waals surface area contributed by atoms with Crippen molar-refractivity contribution < 1.29 is 8.78 Å². The Morgan fingerprint density at radius 2 is 1.67 bits per heavy atom. The minimum absolute atomic E-state index is 0.196. The van der Waals surface area contributed by atoms with E-state index in [1.54, 1.807) is 7.05 Å². The summed E-state index contributed by atoms with van der Waals surface area (Å²) in [5.41, 5.74) is 2.61. The second-order valence-electron chi connectivity index (χ2n) is 5.00. The average molecular weight is 310 g/mol. The van der Waals surface area contributed by atoms with Crippen molar-refractivity contribution in [2.45, 2.75) is 25.8 Å². The minimum atomic E-state index is -0.602. The van der Waals surface area contributed by atoms with Crippen LogP contribution in [0.4, 0.5) is 8.78 Å². The van der Waals surface area contributed by atoms with Crippen LogP contribution in [0, 0.1) is 11.6 Å². The highest BCUT2D eigenvalue weighted by Crippen LogP contribution is 2.26. The highest BCUT2D eigenvalue weighted by atomic mass is 35.5. The molecule has 0 aliphatic rings. The van der Waals surface area contributed by atoms with Crippen molar-refractivity contribution in [1.29, 1.82) is 0 Å². The van der Waals surface area contributed by atoms with Gasteiger partial charge < -0.3 is 5.32 Å². The average Bonchev–Trinajstić information content (AvgIpc) is 2.49. The first-order valence-corrected chi connectivity index (χ1v) is 7.32. The van der Waals surface area contributed by atoms with Gasteiger partial charge in [-0.1, -0.05) is 42.8 Å². The van der Waals surface area contributed by atoms with Crippen LogP contribution in [0.1, 0.15) is 29.7 Å². The van der Waals surface area contributed by atoms with Crippen LogP contribution in [-0.2, 0) is 12.8 Å². The first-order valence-electron chi connectivity index (χ1n) is 6.94. The van der Waals surface area contributed by atoms with Gasteiger partial charge in [-0.05, 0) is 43.1 Å². The summed E-state index contributed by atoms with van der Waals surface area (Å²) in [6, 6.07) is 10.0. The van der Waals surface area contributed by atoms with E-state index in [2.05, 4.69) is 24.4 Å². The lowest BCUT2D eigenvalue weighted by atomic mass is 9.97. The van der Waals surface area contributed by atoms with Crippen molar-refractivity contribution in [1.82, 2.24) is 5.32 Å². The Labute approximate surface area is 128 Å². The van der Waals surface area contributed by atoms with E-state index in [0.29, 0.717) is 12.0 Å². The third-order valence-electron chi connectivity index (χ3n) is 3.63. The summed E-state index contributed by atoms with van der Waals surface area (Å²) in [6.45, 7) is 2.09. The van der Waals surface area contributed by atoms with Crippen LogP contribution in [0.2, 0.25) is 5.02 Å². The standard InChI is InChI=1S/C17H18ClF2N/c1-3-11-4-6-12(7-5-11)8-17(21-2)13-9-16(20)14(18)10-15(13)19/h4-7,9-10,17,21H,3,8H2,1-2H3. The maximum absolute atomic E-state index is 14.0. The molecule has 0 aliphatic carbocycles. The van der Waals surface area contributed by atoms with Gasteiger partial charge in [0.1, 0.15) is 11.6 Å². The zero-order chi connectivity index (χ0) is 15.4. The van der Waals surface area contributed by atoms with Crippen LogP contribution < -0.4 is 5.32 Å². The van der Waals surface area contributed by atoms with Gasteiger partial charge in [0.2, 0.25) is 0 Å². The molecular weight excluding hydrogens is 292 g/mol. The molecule has 4 heteroatoms. The van der Waals surface area contributed by atoms with Crippen molar-refractivity contribution in [3.63, 3.8) is 0 Å². The fraction of sp³-hybridized carbons (Fsp3) is 0.294. The van der Waals surface area contributed by atoms with Gasteiger partial charge in [-0.15, -0.1) is 0 Å². The molecule has 0 spiro atoms. The maximum atomic E-state index is 14.0. The van der Waals surface area contributed by atoms with Crippen LogP contribution in [0.15, 0.2) is 36.4 Å². The zero-order valence-corrected chi connectivity index (χ0v) is 12.8. The van der Waals surface area contributed by atoms with Gasteiger partial charge in [-0.2, -0.15) is 0 Å². The first-order chi connectivity index (χ1) is 10.0. The maximum Gasteiger partial charge on any atom is 0.142 e. The summed E-state index contributed by atoms with van der Waals surface area (Å²) in [5, 5.41) is 2.84. The Morgan fingerprint density at radius 3 is 2.24 bits per heavy atom. The van der Waals surface area contributed by atoms with Crippen LogP contribution in [-0.4, -0.2) is 7.05 Å². The van der Waals surface area contributed by atoms with E-state index in [9.17, 15) is 8.78 Å². The molecule has 0 saturated carbocycles. The van der Waals surface area contributed by atoms with Gasteiger partial charge in [0.15, 0.2) is 0 Å². The molecule has 21 heavy (non-hydrogen) atoms. The second kappa shape index (κ2) is 7.01. The molecule has 0 saturated heterocycles. The number of hydrogen-bond acceptors (Lipinski definition) is 1. The van der Waals surface area contributed by atoms with Crippen LogP contribution >= 0.6 is 11.6 Å². The number of rotatable bonds is 5. The van der Waals surface area contributed by atoms with E-state index >= 15 is 0 Å². The van der Waals surface area contributed by atoms with Crippen molar-refractivity contribution >= 4 is 11.6 Å². The third kappa shape index (κ3) is 3.80. The lowest BCUT2D eigenvalue weighted by Gasteiger charge is -2.18. The molecule has 0 fully saturated rings. The normalized spacial score (nSPS) is 12.4. The first kappa shape index (κ1) is 15.9. The van der Waals surface area contributed by atoms with Gasteiger partial charge in [0.05, 0.1) is 5.02 Å². The molecule has 112 valence electrons.